The van der Waals surface area contributed by atoms with Crippen LogP contribution in [0, 0.1) is 12.3 Å². The number of carbonyl (C=O) groups is 2. The van der Waals surface area contributed by atoms with Gasteiger partial charge in [-0.15, -0.1) is 0 Å². The number of piperidine rings is 1. The van der Waals surface area contributed by atoms with Gasteiger partial charge in [0.05, 0.1) is 11.6 Å². The maximum absolute atomic E-state index is 13.2. The molecule has 0 radical (unpaired) electrons. The molecule has 1 aromatic heterocycles. The fourth-order valence-electron chi connectivity index (χ4n) is 4.61. The summed E-state index contributed by atoms with van der Waals surface area (Å²) in [7, 11) is 1.67. The second-order valence-corrected chi connectivity index (χ2v) is 8.48. The van der Waals surface area contributed by atoms with Gasteiger partial charge in [-0.05, 0) is 42.9 Å². The van der Waals surface area contributed by atoms with Crippen LogP contribution < -0.4 is 5.32 Å². The molecular weight excluding hydrogens is 400 g/mol. The van der Waals surface area contributed by atoms with Crippen molar-refractivity contribution in [2.24, 2.45) is 5.41 Å². The Hall–Kier alpha value is -3.54. The van der Waals surface area contributed by atoms with Crippen molar-refractivity contribution in [2.75, 3.05) is 20.1 Å². The number of aryl methyl sites for hydroxylation is 1. The summed E-state index contributed by atoms with van der Waals surface area (Å²) in [6.07, 6.45) is 6.57. The molecule has 4 rings (SSSR count). The molecule has 0 saturated carbocycles. The fourth-order valence-corrected chi connectivity index (χ4v) is 4.61. The lowest BCUT2D eigenvalue weighted by Crippen LogP contribution is -2.54. The van der Waals surface area contributed by atoms with Crippen molar-refractivity contribution in [3.8, 4) is 11.1 Å². The predicted octanol–water partition coefficient (Wildman–Crippen LogP) is 3.66. The Morgan fingerprint density at radius 2 is 1.88 bits per heavy atom. The van der Waals surface area contributed by atoms with E-state index < -0.39 is 5.41 Å². The molecule has 3 aromatic rings. The third kappa shape index (κ3) is 4.40. The van der Waals surface area contributed by atoms with Gasteiger partial charge in [0, 0.05) is 32.5 Å². The zero-order chi connectivity index (χ0) is 22.6. The molecule has 0 aliphatic carbocycles. The summed E-state index contributed by atoms with van der Waals surface area (Å²) in [5.41, 5.74) is 4.16. The zero-order valence-corrected chi connectivity index (χ0v) is 18.5. The van der Waals surface area contributed by atoms with Gasteiger partial charge in [-0.3, -0.25) is 14.6 Å². The van der Waals surface area contributed by atoms with E-state index in [0.29, 0.717) is 25.2 Å². The van der Waals surface area contributed by atoms with Gasteiger partial charge in [-0.1, -0.05) is 54.1 Å². The summed E-state index contributed by atoms with van der Waals surface area (Å²) in [6, 6.07) is 16.7. The molecule has 6 nitrogen and oxygen atoms in total. The van der Waals surface area contributed by atoms with E-state index in [1.807, 2.05) is 12.1 Å². The van der Waals surface area contributed by atoms with Crippen molar-refractivity contribution in [1.29, 1.82) is 0 Å². The molecule has 2 aromatic carbocycles. The maximum Gasteiger partial charge on any atom is 0.274 e. The summed E-state index contributed by atoms with van der Waals surface area (Å²) < 4.78 is 0. The van der Waals surface area contributed by atoms with Crippen LogP contribution in [0.4, 0.5) is 0 Å². The lowest BCUT2D eigenvalue weighted by atomic mass is 9.73. The Morgan fingerprint density at radius 3 is 2.59 bits per heavy atom. The van der Waals surface area contributed by atoms with E-state index in [0.717, 1.165) is 29.5 Å². The molecule has 2 amide bonds. The molecule has 1 aliphatic heterocycles. The molecule has 1 atom stereocenters. The zero-order valence-electron chi connectivity index (χ0n) is 18.5. The Balaban J connectivity index is 1.67. The van der Waals surface area contributed by atoms with Crippen molar-refractivity contribution in [3.63, 3.8) is 0 Å². The van der Waals surface area contributed by atoms with Gasteiger partial charge in [0.2, 0.25) is 5.91 Å². The van der Waals surface area contributed by atoms with E-state index in [2.05, 4.69) is 58.6 Å². The molecule has 32 heavy (non-hydrogen) atoms. The SMILES string of the molecule is CNC(=O)[C@@]1(Cc2ccccc2-c2ccc(C)cc2)CCCN(C(=O)c2cnccn2)C1. The highest BCUT2D eigenvalue weighted by Gasteiger charge is 2.43. The summed E-state index contributed by atoms with van der Waals surface area (Å²) in [6.45, 7) is 3.03. The number of hydrogen-bond acceptors (Lipinski definition) is 4. The minimum Gasteiger partial charge on any atom is -0.359 e. The van der Waals surface area contributed by atoms with E-state index >= 15 is 0 Å². The quantitative estimate of drug-likeness (QED) is 0.673. The van der Waals surface area contributed by atoms with Crippen LogP contribution in [0.1, 0.15) is 34.5 Å². The molecule has 1 aliphatic rings. The van der Waals surface area contributed by atoms with Crippen LogP contribution in [0.15, 0.2) is 67.1 Å². The van der Waals surface area contributed by atoms with Crippen LogP contribution in [-0.4, -0.2) is 46.8 Å². The van der Waals surface area contributed by atoms with Crippen molar-refractivity contribution in [2.45, 2.75) is 26.2 Å². The van der Waals surface area contributed by atoms with Crippen LogP contribution in [-0.2, 0) is 11.2 Å². The van der Waals surface area contributed by atoms with Gasteiger partial charge in [0.15, 0.2) is 0 Å². The lowest BCUT2D eigenvalue weighted by molar-refractivity contribution is -0.133. The van der Waals surface area contributed by atoms with Crippen LogP contribution in [0.3, 0.4) is 0 Å². The number of amides is 2. The number of nitrogens with one attached hydrogen (secondary N) is 1. The minimum absolute atomic E-state index is 0.0344. The third-order valence-electron chi connectivity index (χ3n) is 6.26. The lowest BCUT2D eigenvalue weighted by Gasteiger charge is -2.41. The number of aromatic nitrogens is 2. The first-order valence-electron chi connectivity index (χ1n) is 10.9. The van der Waals surface area contributed by atoms with E-state index in [1.54, 1.807) is 18.1 Å². The summed E-state index contributed by atoms with van der Waals surface area (Å²) in [4.78, 5) is 36.2. The number of carbonyl (C=O) groups excluding carboxylic acids is 2. The summed E-state index contributed by atoms with van der Waals surface area (Å²) in [5.74, 6) is -0.217. The van der Waals surface area contributed by atoms with Gasteiger partial charge < -0.3 is 10.2 Å². The van der Waals surface area contributed by atoms with Crippen LogP contribution in [0.25, 0.3) is 11.1 Å². The molecule has 1 fully saturated rings. The molecule has 6 heteroatoms. The highest BCUT2D eigenvalue weighted by molar-refractivity contribution is 5.93. The highest BCUT2D eigenvalue weighted by atomic mass is 16.2. The second-order valence-electron chi connectivity index (χ2n) is 8.48. The van der Waals surface area contributed by atoms with E-state index in [4.69, 9.17) is 0 Å². The topological polar surface area (TPSA) is 75.2 Å². The Kier molecular flexibility index (Phi) is 6.30. The summed E-state index contributed by atoms with van der Waals surface area (Å²) >= 11 is 0. The highest BCUT2D eigenvalue weighted by Crippen LogP contribution is 2.37. The van der Waals surface area contributed by atoms with Gasteiger partial charge in [0.1, 0.15) is 5.69 Å². The third-order valence-corrected chi connectivity index (χ3v) is 6.26. The molecular formula is C26H28N4O2. The van der Waals surface area contributed by atoms with E-state index in [-0.39, 0.29) is 11.8 Å². The molecule has 2 heterocycles. The standard InChI is InChI=1S/C26H28N4O2/c1-19-8-10-20(11-9-19)22-7-4-3-6-21(22)16-26(25(32)27-2)12-5-15-30(18-26)24(31)23-17-28-13-14-29-23/h3-4,6-11,13-14,17H,5,12,15-16,18H2,1-2H3,(H,27,32)/t26-/m1/s1. The fraction of sp³-hybridized carbons (Fsp3) is 0.308. The predicted molar refractivity (Wildman–Crippen MR) is 124 cm³/mol. The number of likely N-dealkylation sites (tertiary alicyclic amines) is 1. The van der Waals surface area contributed by atoms with Gasteiger partial charge in [-0.25, -0.2) is 4.98 Å². The number of nitrogens with zero attached hydrogens (tertiary/aromatic N) is 3. The van der Waals surface area contributed by atoms with Crippen molar-refractivity contribution in [1.82, 2.24) is 20.2 Å². The van der Waals surface area contributed by atoms with Gasteiger partial charge in [-0.2, -0.15) is 0 Å². The average Bonchev–Trinajstić information content (AvgIpc) is 2.84. The Labute approximate surface area is 188 Å². The molecule has 1 N–H and O–H groups in total. The second kappa shape index (κ2) is 9.30. The minimum atomic E-state index is -0.703. The van der Waals surface area contributed by atoms with Crippen LogP contribution >= 0.6 is 0 Å². The van der Waals surface area contributed by atoms with Crippen molar-refractivity contribution < 1.29 is 9.59 Å². The van der Waals surface area contributed by atoms with Crippen molar-refractivity contribution in [3.05, 3.63) is 83.9 Å². The molecule has 0 unspecified atom stereocenters. The molecule has 164 valence electrons. The molecule has 0 bridgehead atoms. The smallest absolute Gasteiger partial charge is 0.274 e. The Morgan fingerprint density at radius 1 is 1.09 bits per heavy atom. The molecule has 0 spiro atoms. The molecule has 1 saturated heterocycles. The van der Waals surface area contributed by atoms with Crippen molar-refractivity contribution >= 4 is 11.8 Å². The van der Waals surface area contributed by atoms with Crippen LogP contribution in [0.5, 0.6) is 0 Å². The number of benzene rings is 2. The first-order chi connectivity index (χ1) is 15.5. The van der Waals surface area contributed by atoms with Gasteiger partial charge in [0.25, 0.3) is 5.91 Å². The summed E-state index contributed by atoms with van der Waals surface area (Å²) in [5, 5.41) is 2.86. The van der Waals surface area contributed by atoms with Gasteiger partial charge >= 0.3 is 0 Å². The average molecular weight is 429 g/mol. The first kappa shape index (κ1) is 21.7. The largest absolute Gasteiger partial charge is 0.359 e. The maximum atomic E-state index is 13.2. The first-order valence-corrected chi connectivity index (χ1v) is 10.9. The normalized spacial score (nSPS) is 18.2. The number of hydrogen-bond donors (Lipinski definition) is 1. The monoisotopic (exact) mass is 428 g/mol. The van der Waals surface area contributed by atoms with Crippen LogP contribution in [0.2, 0.25) is 0 Å². The van der Waals surface area contributed by atoms with E-state index in [9.17, 15) is 9.59 Å². The Bertz CT molecular complexity index is 1100. The number of rotatable bonds is 5. The van der Waals surface area contributed by atoms with E-state index in [1.165, 1.54) is 18.0 Å².